The molecule has 0 aliphatic carbocycles. The number of ether oxygens (including phenoxy) is 2. The number of H-pyrrole nitrogens is 1. The lowest BCUT2D eigenvalue weighted by molar-refractivity contribution is 0.0838. The van der Waals surface area contributed by atoms with Gasteiger partial charge in [-0.3, -0.25) is 4.79 Å². The number of nitrogens with one attached hydrogen (secondary N) is 1. The van der Waals surface area contributed by atoms with Crippen molar-refractivity contribution in [1.29, 1.82) is 0 Å². The highest BCUT2D eigenvalue weighted by atomic mass is 19.1. The van der Waals surface area contributed by atoms with Gasteiger partial charge in [0.2, 0.25) is 5.56 Å². The molecule has 6 nitrogen and oxygen atoms in total. The molecule has 0 unspecified atom stereocenters. The largest absolute Gasteiger partial charge is 0.451 e. The maximum absolute atomic E-state index is 14.4. The first-order chi connectivity index (χ1) is 15.5. The van der Waals surface area contributed by atoms with Gasteiger partial charge in [-0.1, -0.05) is 0 Å². The SMILES string of the molecule is Cn1cc(-c2ccc3[nH]c(C4CCOCC4)nc3c2Oc2cc(F)ccc2F)ccc1=O. The fourth-order valence-corrected chi connectivity index (χ4v) is 3.98. The molecule has 0 amide bonds. The van der Waals surface area contributed by atoms with Crippen LogP contribution < -0.4 is 10.3 Å². The van der Waals surface area contributed by atoms with E-state index in [-0.39, 0.29) is 17.2 Å². The van der Waals surface area contributed by atoms with Crippen LogP contribution >= 0.6 is 0 Å². The zero-order chi connectivity index (χ0) is 22.2. The van der Waals surface area contributed by atoms with Crippen molar-refractivity contribution in [2.45, 2.75) is 18.8 Å². The Hall–Kier alpha value is -3.52. The molecule has 0 radical (unpaired) electrons. The minimum absolute atomic E-state index is 0.157. The molecule has 0 saturated carbocycles. The van der Waals surface area contributed by atoms with Gasteiger partial charge < -0.3 is 19.0 Å². The zero-order valence-corrected chi connectivity index (χ0v) is 17.4. The van der Waals surface area contributed by atoms with Gasteiger partial charge in [0.15, 0.2) is 17.3 Å². The third kappa shape index (κ3) is 3.78. The average Bonchev–Trinajstić information content (AvgIpc) is 3.24. The lowest BCUT2D eigenvalue weighted by Gasteiger charge is -2.19. The Balaban J connectivity index is 1.69. The Bertz CT molecular complexity index is 1360. The molecule has 4 aromatic rings. The molecule has 0 atom stereocenters. The molecule has 0 spiro atoms. The minimum atomic E-state index is -0.685. The van der Waals surface area contributed by atoms with Crippen molar-refractivity contribution in [3.05, 3.63) is 76.5 Å². The first kappa shape index (κ1) is 20.4. The molecule has 2 aromatic heterocycles. The summed E-state index contributed by atoms with van der Waals surface area (Å²) in [5.74, 6) is -0.210. The molecule has 8 heteroatoms. The van der Waals surface area contributed by atoms with Crippen LogP contribution in [-0.4, -0.2) is 27.7 Å². The highest BCUT2D eigenvalue weighted by Gasteiger charge is 2.23. The van der Waals surface area contributed by atoms with Crippen molar-refractivity contribution < 1.29 is 18.3 Å². The zero-order valence-electron chi connectivity index (χ0n) is 17.4. The molecule has 5 rings (SSSR count). The number of fused-ring (bicyclic) bond motifs is 1. The van der Waals surface area contributed by atoms with E-state index >= 15 is 0 Å². The van der Waals surface area contributed by atoms with E-state index in [1.54, 1.807) is 19.3 Å². The number of hydrogen-bond acceptors (Lipinski definition) is 4. The van der Waals surface area contributed by atoms with Crippen molar-refractivity contribution in [2.24, 2.45) is 7.05 Å². The number of rotatable bonds is 4. The molecule has 1 aliphatic rings. The normalized spacial score (nSPS) is 14.7. The molecule has 164 valence electrons. The average molecular weight is 437 g/mol. The molecule has 1 aliphatic heterocycles. The summed E-state index contributed by atoms with van der Waals surface area (Å²) in [5.41, 5.74) is 2.39. The molecule has 3 heterocycles. The smallest absolute Gasteiger partial charge is 0.250 e. The number of pyridine rings is 1. The lowest BCUT2D eigenvalue weighted by Crippen LogP contribution is -2.15. The molecule has 0 bridgehead atoms. The monoisotopic (exact) mass is 437 g/mol. The fraction of sp³-hybridized carbons (Fsp3) is 0.250. The van der Waals surface area contributed by atoms with Crippen molar-refractivity contribution >= 4 is 11.0 Å². The molecular weight excluding hydrogens is 416 g/mol. The predicted octanol–water partition coefficient (Wildman–Crippen LogP) is 4.89. The van der Waals surface area contributed by atoms with Gasteiger partial charge in [0.1, 0.15) is 17.2 Å². The van der Waals surface area contributed by atoms with E-state index in [2.05, 4.69) is 4.98 Å². The van der Waals surface area contributed by atoms with Crippen molar-refractivity contribution in [3.8, 4) is 22.6 Å². The van der Waals surface area contributed by atoms with Crippen LogP contribution in [0.15, 0.2) is 53.5 Å². The number of imidazole rings is 1. The number of aryl methyl sites for hydroxylation is 1. The van der Waals surface area contributed by atoms with Crippen LogP contribution in [0.25, 0.3) is 22.2 Å². The van der Waals surface area contributed by atoms with E-state index < -0.39 is 11.6 Å². The summed E-state index contributed by atoms with van der Waals surface area (Å²) < 4.78 is 41.1. The summed E-state index contributed by atoms with van der Waals surface area (Å²) in [6.45, 7) is 1.34. The van der Waals surface area contributed by atoms with Gasteiger partial charge in [-0.15, -0.1) is 0 Å². The number of hydrogen-bond donors (Lipinski definition) is 1. The third-order valence-corrected chi connectivity index (χ3v) is 5.74. The highest BCUT2D eigenvalue weighted by Crippen LogP contribution is 2.40. The van der Waals surface area contributed by atoms with Gasteiger partial charge in [0.05, 0.1) is 5.52 Å². The van der Waals surface area contributed by atoms with Crippen LogP contribution in [0.2, 0.25) is 0 Å². The van der Waals surface area contributed by atoms with Crippen molar-refractivity contribution in [3.63, 3.8) is 0 Å². The van der Waals surface area contributed by atoms with Crippen molar-refractivity contribution in [1.82, 2.24) is 14.5 Å². The second-order valence-electron chi connectivity index (χ2n) is 7.89. The van der Waals surface area contributed by atoms with E-state index in [0.29, 0.717) is 35.6 Å². The topological polar surface area (TPSA) is 69.1 Å². The molecule has 1 N–H and O–H groups in total. The number of benzene rings is 2. The van der Waals surface area contributed by atoms with Crippen LogP contribution in [0.3, 0.4) is 0 Å². The van der Waals surface area contributed by atoms with Crippen LogP contribution in [0.5, 0.6) is 11.5 Å². The second kappa shape index (κ2) is 8.20. The quantitative estimate of drug-likeness (QED) is 0.493. The van der Waals surface area contributed by atoms with Crippen molar-refractivity contribution in [2.75, 3.05) is 13.2 Å². The van der Waals surface area contributed by atoms with E-state index in [0.717, 1.165) is 42.4 Å². The van der Waals surface area contributed by atoms with E-state index in [4.69, 9.17) is 14.5 Å². The number of nitrogens with zero attached hydrogens (tertiary/aromatic N) is 2. The van der Waals surface area contributed by atoms with E-state index in [1.807, 2.05) is 12.1 Å². The Morgan fingerprint density at radius 1 is 1.12 bits per heavy atom. The summed E-state index contributed by atoms with van der Waals surface area (Å²) in [4.78, 5) is 20.0. The number of aromatic nitrogens is 3. The van der Waals surface area contributed by atoms with Gasteiger partial charge >= 0.3 is 0 Å². The lowest BCUT2D eigenvalue weighted by atomic mass is 10.00. The fourth-order valence-electron chi connectivity index (χ4n) is 3.98. The first-order valence-corrected chi connectivity index (χ1v) is 10.4. The summed E-state index contributed by atoms with van der Waals surface area (Å²) in [6, 6.07) is 9.88. The molecule has 1 saturated heterocycles. The maximum Gasteiger partial charge on any atom is 0.250 e. The summed E-state index contributed by atoms with van der Waals surface area (Å²) in [6.07, 6.45) is 3.37. The standard InChI is InChI=1S/C24H21F2N3O3/c1-29-13-15(2-7-21(29)30)17-4-6-19-22(28-24(27-19)14-8-10-31-11-9-14)23(17)32-20-12-16(25)3-5-18(20)26/h2-7,12-14H,8-11H2,1H3,(H,27,28). The third-order valence-electron chi connectivity index (χ3n) is 5.74. The minimum Gasteiger partial charge on any atom is -0.451 e. The second-order valence-corrected chi connectivity index (χ2v) is 7.89. The molecule has 32 heavy (non-hydrogen) atoms. The van der Waals surface area contributed by atoms with Crippen LogP contribution in [0, 0.1) is 11.6 Å². The predicted molar refractivity (Wildman–Crippen MR) is 116 cm³/mol. The Morgan fingerprint density at radius 3 is 2.72 bits per heavy atom. The van der Waals surface area contributed by atoms with Gasteiger partial charge in [-0.2, -0.15) is 0 Å². The number of halogens is 2. The summed E-state index contributed by atoms with van der Waals surface area (Å²) in [7, 11) is 1.65. The van der Waals surface area contributed by atoms with Gasteiger partial charge in [0.25, 0.3) is 0 Å². The Labute approximate surface area is 182 Å². The molecule has 1 fully saturated rings. The Morgan fingerprint density at radius 2 is 1.94 bits per heavy atom. The summed E-state index contributed by atoms with van der Waals surface area (Å²) >= 11 is 0. The number of aromatic amines is 1. The van der Waals surface area contributed by atoms with Crippen LogP contribution in [0.4, 0.5) is 8.78 Å². The molecular formula is C24H21F2N3O3. The summed E-state index contributed by atoms with van der Waals surface area (Å²) in [5, 5.41) is 0. The first-order valence-electron chi connectivity index (χ1n) is 10.4. The van der Waals surface area contributed by atoms with E-state index in [1.165, 1.54) is 10.6 Å². The Kier molecular flexibility index (Phi) is 5.22. The maximum atomic E-state index is 14.4. The van der Waals surface area contributed by atoms with Crippen LogP contribution in [-0.2, 0) is 11.8 Å². The molecule has 2 aromatic carbocycles. The van der Waals surface area contributed by atoms with Gasteiger partial charge in [-0.25, -0.2) is 13.8 Å². The van der Waals surface area contributed by atoms with Crippen LogP contribution in [0.1, 0.15) is 24.6 Å². The van der Waals surface area contributed by atoms with Gasteiger partial charge in [0, 0.05) is 55.6 Å². The van der Waals surface area contributed by atoms with Gasteiger partial charge in [-0.05, 0) is 43.2 Å². The highest BCUT2D eigenvalue weighted by molar-refractivity contribution is 5.91. The van der Waals surface area contributed by atoms with E-state index in [9.17, 15) is 13.6 Å².